The smallest absolute Gasteiger partial charge is 0.341 e. The molecule has 1 atom stereocenters. The monoisotopic (exact) mass is 264 g/mol. The maximum absolute atomic E-state index is 12.8. The molecule has 1 saturated heterocycles. The van der Waals surface area contributed by atoms with E-state index in [2.05, 4.69) is 10.6 Å². The minimum Gasteiger partial charge on any atom is -0.341 e. The molecule has 0 radical (unpaired) electrons. The van der Waals surface area contributed by atoms with Crippen molar-refractivity contribution in [3.8, 4) is 0 Å². The number of hydrogen-bond acceptors (Lipinski definition) is 2. The fourth-order valence-corrected chi connectivity index (χ4v) is 2.57. The molecule has 0 aromatic carbocycles. The van der Waals surface area contributed by atoms with Crippen LogP contribution in [0.3, 0.4) is 0 Å². The molecular weight excluding hydrogens is 245 g/mol. The molecule has 2 rings (SSSR count). The van der Waals surface area contributed by atoms with Gasteiger partial charge in [0.1, 0.15) is 5.54 Å². The van der Waals surface area contributed by atoms with Crippen LogP contribution in [0.25, 0.3) is 0 Å². The fraction of sp³-hybridized carbons (Fsp3) is 0.917. The van der Waals surface area contributed by atoms with Gasteiger partial charge in [0, 0.05) is 0 Å². The Bertz CT molecular complexity index is 348. The lowest BCUT2D eigenvalue weighted by molar-refractivity contribution is -0.171. The summed E-state index contributed by atoms with van der Waals surface area (Å²) in [7, 11) is 0. The van der Waals surface area contributed by atoms with E-state index in [9.17, 15) is 18.0 Å². The fourth-order valence-electron chi connectivity index (χ4n) is 2.57. The van der Waals surface area contributed by atoms with Gasteiger partial charge in [-0.1, -0.05) is 13.8 Å². The first-order valence-electron chi connectivity index (χ1n) is 6.30. The molecule has 0 aromatic heterocycles. The van der Waals surface area contributed by atoms with Crippen LogP contribution in [0.5, 0.6) is 0 Å². The van der Waals surface area contributed by atoms with Crippen molar-refractivity contribution in [2.24, 2.45) is 5.41 Å². The molecule has 3 nitrogen and oxygen atoms in total. The molecule has 1 saturated carbocycles. The first kappa shape index (κ1) is 13.6. The molecule has 2 aliphatic rings. The van der Waals surface area contributed by atoms with Gasteiger partial charge in [0.15, 0.2) is 0 Å². The molecule has 1 amide bonds. The number of alkyl halides is 3. The van der Waals surface area contributed by atoms with E-state index in [0.717, 1.165) is 12.8 Å². The van der Waals surface area contributed by atoms with Crippen molar-refractivity contribution in [2.75, 3.05) is 6.54 Å². The minimum atomic E-state index is -4.35. The number of nitrogens with one attached hydrogen (secondary N) is 2. The van der Waals surface area contributed by atoms with E-state index in [-0.39, 0.29) is 18.3 Å². The average molecular weight is 264 g/mol. The van der Waals surface area contributed by atoms with Crippen LogP contribution >= 0.6 is 0 Å². The summed E-state index contributed by atoms with van der Waals surface area (Å²) in [6, 6.07) is -0.536. The molecule has 0 spiro atoms. The summed E-state index contributed by atoms with van der Waals surface area (Å²) in [5.74, 6) is -0.519. The van der Waals surface area contributed by atoms with E-state index in [1.807, 2.05) is 13.8 Å². The normalized spacial score (nSPS) is 29.7. The van der Waals surface area contributed by atoms with Crippen molar-refractivity contribution < 1.29 is 18.0 Å². The van der Waals surface area contributed by atoms with Crippen molar-refractivity contribution in [3.05, 3.63) is 0 Å². The highest BCUT2D eigenvalue weighted by Gasteiger charge is 2.64. The van der Waals surface area contributed by atoms with Crippen molar-refractivity contribution in [1.29, 1.82) is 0 Å². The maximum atomic E-state index is 12.8. The predicted octanol–water partition coefficient (Wildman–Crippen LogP) is 1.98. The van der Waals surface area contributed by atoms with Crippen molar-refractivity contribution in [1.82, 2.24) is 10.6 Å². The molecule has 1 heterocycles. The summed E-state index contributed by atoms with van der Waals surface area (Å²) in [5.41, 5.74) is -2.26. The highest BCUT2D eigenvalue weighted by molar-refractivity contribution is 5.84. The molecule has 1 aliphatic heterocycles. The maximum Gasteiger partial charge on any atom is 0.411 e. The van der Waals surface area contributed by atoms with Gasteiger partial charge in [-0.15, -0.1) is 0 Å². The van der Waals surface area contributed by atoms with Crippen molar-refractivity contribution in [2.45, 2.75) is 57.3 Å². The van der Waals surface area contributed by atoms with Crippen LogP contribution in [0.2, 0.25) is 0 Å². The molecule has 18 heavy (non-hydrogen) atoms. The molecule has 1 unspecified atom stereocenters. The highest BCUT2D eigenvalue weighted by atomic mass is 19.4. The number of carbonyl (C=O) groups excluding carboxylic acids is 1. The molecule has 0 aromatic rings. The Morgan fingerprint density at radius 2 is 1.89 bits per heavy atom. The Morgan fingerprint density at radius 3 is 2.33 bits per heavy atom. The van der Waals surface area contributed by atoms with Crippen molar-refractivity contribution >= 4 is 5.91 Å². The number of carbonyl (C=O) groups is 1. The SMILES string of the molecule is CC1(C)CCCNC1C(=O)NC1(C(F)(F)F)CC1. The second kappa shape index (κ2) is 4.11. The molecule has 1 aliphatic carbocycles. The van der Waals surface area contributed by atoms with E-state index in [0.29, 0.717) is 6.54 Å². The Morgan fingerprint density at radius 1 is 1.28 bits per heavy atom. The molecule has 0 bridgehead atoms. The van der Waals surface area contributed by atoms with Crippen LogP contribution < -0.4 is 10.6 Å². The summed E-state index contributed by atoms with van der Waals surface area (Å²) in [5, 5.41) is 5.24. The zero-order chi connectivity index (χ0) is 13.6. The lowest BCUT2D eigenvalue weighted by atomic mass is 9.77. The van der Waals surface area contributed by atoms with Gasteiger partial charge in [-0.3, -0.25) is 4.79 Å². The standard InChI is InChI=1S/C12H19F3N2O/c1-10(2)4-3-7-16-8(10)9(18)17-11(5-6-11)12(13,14)15/h8,16H,3-7H2,1-2H3,(H,17,18). The third-order valence-electron chi connectivity index (χ3n) is 4.05. The van der Waals surface area contributed by atoms with Crippen LogP contribution in [0.4, 0.5) is 13.2 Å². The molecule has 104 valence electrons. The summed E-state index contributed by atoms with van der Waals surface area (Å²) >= 11 is 0. The van der Waals surface area contributed by atoms with E-state index < -0.39 is 23.7 Å². The average Bonchev–Trinajstić information content (AvgIpc) is 2.96. The number of rotatable bonds is 2. The van der Waals surface area contributed by atoms with Gasteiger partial charge in [0.25, 0.3) is 0 Å². The zero-order valence-electron chi connectivity index (χ0n) is 10.7. The van der Waals surface area contributed by atoms with Crippen LogP contribution in [-0.2, 0) is 4.79 Å². The largest absolute Gasteiger partial charge is 0.411 e. The topological polar surface area (TPSA) is 41.1 Å². The first-order valence-corrected chi connectivity index (χ1v) is 6.30. The van der Waals surface area contributed by atoms with E-state index in [1.165, 1.54) is 0 Å². The molecular formula is C12H19F3N2O. The Labute approximate surface area is 104 Å². The third kappa shape index (κ3) is 2.35. The van der Waals surface area contributed by atoms with Crippen molar-refractivity contribution in [3.63, 3.8) is 0 Å². The number of piperidine rings is 1. The van der Waals surface area contributed by atoms with Gasteiger partial charge in [-0.05, 0) is 37.6 Å². The van der Waals surface area contributed by atoms with Gasteiger partial charge in [0.2, 0.25) is 5.91 Å². The second-order valence-corrected chi connectivity index (χ2v) is 6.05. The van der Waals surface area contributed by atoms with E-state index in [1.54, 1.807) is 0 Å². The minimum absolute atomic E-state index is 0.00457. The predicted molar refractivity (Wildman–Crippen MR) is 61.0 cm³/mol. The number of amides is 1. The summed E-state index contributed by atoms with van der Waals surface area (Å²) in [6.45, 7) is 4.51. The molecule has 2 fully saturated rings. The van der Waals surface area contributed by atoms with Crippen LogP contribution in [0.1, 0.15) is 39.5 Å². The number of hydrogen-bond donors (Lipinski definition) is 2. The summed E-state index contributed by atoms with van der Waals surface area (Å²) in [6.07, 6.45) is -2.56. The van der Waals surface area contributed by atoms with E-state index in [4.69, 9.17) is 0 Å². The Hall–Kier alpha value is -0.780. The third-order valence-corrected chi connectivity index (χ3v) is 4.05. The number of halogens is 3. The lowest BCUT2D eigenvalue weighted by Crippen LogP contribution is -2.60. The highest BCUT2D eigenvalue weighted by Crippen LogP contribution is 2.49. The van der Waals surface area contributed by atoms with E-state index >= 15 is 0 Å². The van der Waals surface area contributed by atoms with Gasteiger partial charge >= 0.3 is 6.18 Å². The molecule has 2 N–H and O–H groups in total. The summed E-state index contributed by atoms with van der Waals surface area (Å²) in [4.78, 5) is 12.0. The van der Waals surface area contributed by atoms with Crippen LogP contribution in [-0.4, -0.2) is 30.2 Å². The zero-order valence-corrected chi connectivity index (χ0v) is 10.7. The quantitative estimate of drug-likeness (QED) is 0.800. The summed E-state index contributed by atoms with van der Waals surface area (Å²) < 4.78 is 38.3. The van der Waals surface area contributed by atoms with Crippen LogP contribution in [0, 0.1) is 5.41 Å². The second-order valence-electron chi connectivity index (χ2n) is 6.05. The van der Waals surface area contributed by atoms with Gasteiger partial charge in [0.05, 0.1) is 6.04 Å². The molecule has 6 heteroatoms. The lowest BCUT2D eigenvalue weighted by Gasteiger charge is -2.39. The van der Waals surface area contributed by atoms with Gasteiger partial charge < -0.3 is 10.6 Å². The first-order chi connectivity index (χ1) is 8.18. The van der Waals surface area contributed by atoms with Gasteiger partial charge in [-0.2, -0.15) is 13.2 Å². The van der Waals surface area contributed by atoms with Gasteiger partial charge in [-0.25, -0.2) is 0 Å². The van der Waals surface area contributed by atoms with Crippen LogP contribution in [0.15, 0.2) is 0 Å². The Balaban J connectivity index is 2.04. The Kier molecular flexibility index (Phi) is 3.12.